The Morgan fingerprint density at radius 2 is 2.25 bits per heavy atom. The van der Waals surface area contributed by atoms with Crippen molar-refractivity contribution in [3.05, 3.63) is 23.8 Å². The molecule has 0 saturated heterocycles. The van der Waals surface area contributed by atoms with Crippen molar-refractivity contribution in [1.29, 1.82) is 0 Å². The minimum absolute atomic E-state index is 0.151. The molecule has 0 atom stereocenters. The fourth-order valence-electron chi connectivity index (χ4n) is 0.801. The van der Waals surface area contributed by atoms with E-state index >= 15 is 0 Å². The van der Waals surface area contributed by atoms with Crippen molar-refractivity contribution in [2.75, 3.05) is 5.73 Å². The van der Waals surface area contributed by atoms with Gasteiger partial charge in [0.25, 0.3) is 5.91 Å². The molecule has 0 unspecified atom stereocenters. The van der Waals surface area contributed by atoms with Gasteiger partial charge in [-0.3, -0.25) is 9.52 Å². The summed E-state index contributed by atoms with van der Waals surface area (Å²) in [5.41, 5.74) is 5.92. The molecule has 4 nitrogen and oxygen atoms in total. The van der Waals surface area contributed by atoms with Crippen LogP contribution in [0.25, 0.3) is 0 Å². The quantitative estimate of drug-likeness (QED) is 0.380. The van der Waals surface area contributed by atoms with Crippen LogP contribution in [0.5, 0.6) is 5.75 Å². The first-order chi connectivity index (χ1) is 5.65. The number of aromatic hydroxyl groups is 1. The van der Waals surface area contributed by atoms with Gasteiger partial charge in [-0.25, -0.2) is 0 Å². The van der Waals surface area contributed by atoms with Gasteiger partial charge in [-0.1, -0.05) is 12.8 Å². The van der Waals surface area contributed by atoms with Crippen LogP contribution in [0.1, 0.15) is 10.4 Å². The molecule has 0 heterocycles. The van der Waals surface area contributed by atoms with Crippen LogP contribution >= 0.6 is 12.8 Å². The van der Waals surface area contributed by atoms with E-state index in [0.717, 1.165) is 0 Å². The van der Waals surface area contributed by atoms with Gasteiger partial charge in [0.2, 0.25) is 0 Å². The number of nitrogens with one attached hydrogen (secondary N) is 1. The zero-order chi connectivity index (χ0) is 9.14. The summed E-state index contributed by atoms with van der Waals surface area (Å²) in [7, 11) is 0. The highest BCUT2D eigenvalue weighted by molar-refractivity contribution is 7.78. The van der Waals surface area contributed by atoms with Crippen LogP contribution in [0.2, 0.25) is 0 Å². The fraction of sp³-hybridized carbons (Fsp3) is 0. The topological polar surface area (TPSA) is 75.4 Å². The Bertz CT molecular complexity index is 314. The molecule has 1 aromatic rings. The molecule has 1 amide bonds. The van der Waals surface area contributed by atoms with E-state index in [1.54, 1.807) is 0 Å². The maximum atomic E-state index is 11.0. The molecule has 64 valence electrons. The van der Waals surface area contributed by atoms with Crippen molar-refractivity contribution >= 4 is 24.4 Å². The molecule has 0 spiro atoms. The summed E-state index contributed by atoms with van der Waals surface area (Å²) in [6, 6.07) is 4.26. The van der Waals surface area contributed by atoms with Crippen molar-refractivity contribution in [1.82, 2.24) is 4.72 Å². The van der Waals surface area contributed by atoms with E-state index in [-0.39, 0.29) is 11.3 Å². The second-order valence-electron chi connectivity index (χ2n) is 2.22. The molecular formula is C7H8N2O2S. The van der Waals surface area contributed by atoms with E-state index in [1.165, 1.54) is 18.2 Å². The Morgan fingerprint density at radius 3 is 2.75 bits per heavy atom. The number of phenols is 1. The molecule has 0 aliphatic carbocycles. The lowest BCUT2D eigenvalue weighted by molar-refractivity contribution is 0.0982. The second-order valence-corrected chi connectivity index (χ2v) is 2.44. The van der Waals surface area contributed by atoms with E-state index in [9.17, 15) is 9.90 Å². The Balaban J connectivity index is 3.09. The van der Waals surface area contributed by atoms with Crippen LogP contribution < -0.4 is 10.5 Å². The van der Waals surface area contributed by atoms with Gasteiger partial charge in [-0.05, 0) is 12.1 Å². The van der Waals surface area contributed by atoms with Gasteiger partial charge in [0.1, 0.15) is 5.75 Å². The number of anilines is 1. The lowest BCUT2D eigenvalue weighted by atomic mass is 10.2. The van der Waals surface area contributed by atoms with E-state index < -0.39 is 5.91 Å². The van der Waals surface area contributed by atoms with Gasteiger partial charge in [0.15, 0.2) is 0 Å². The summed E-state index contributed by atoms with van der Waals surface area (Å²) in [5, 5.41) is 9.22. The lowest BCUT2D eigenvalue weighted by Crippen LogP contribution is -2.12. The second kappa shape index (κ2) is 3.36. The minimum Gasteiger partial charge on any atom is -0.507 e. The van der Waals surface area contributed by atoms with Crippen molar-refractivity contribution in [3.63, 3.8) is 0 Å². The summed E-state index contributed by atoms with van der Waals surface area (Å²) >= 11 is 3.56. The molecule has 0 aliphatic rings. The van der Waals surface area contributed by atoms with Crippen LogP contribution in [0.15, 0.2) is 18.2 Å². The third-order valence-corrected chi connectivity index (χ3v) is 1.57. The molecule has 1 aromatic carbocycles. The number of thiol groups is 1. The highest BCUT2D eigenvalue weighted by Gasteiger charge is 2.08. The van der Waals surface area contributed by atoms with Crippen LogP contribution in [0.4, 0.5) is 5.69 Å². The van der Waals surface area contributed by atoms with Gasteiger partial charge in [-0.15, -0.1) is 0 Å². The Labute approximate surface area is 74.9 Å². The number of carbonyl (C=O) groups excluding carboxylic acids is 1. The van der Waals surface area contributed by atoms with E-state index in [2.05, 4.69) is 17.5 Å². The van der Waals surface area contributed by atoms with E-state index in [1.807, 2.05) is 0 Å². The molecule has 12 heavy (non-hydrogen) atoms. The average Bonchev–Trinajstić information content (AvgIpc) is 2.03. The number of phenolic OH excluding ortho intramolecular Hbond substituents is 1. The molecule has 0 bridgehead atoms. The number of rotatable bonds is 1. The molecule has 1 rings (SSSR count). The third kappa shape index (κ3) is 1.62. The van der Waals surface area contributed by atoms with Gasteiger partial charge in [0, 0.05) is 11.8 Å². The fourth-order valence-corrected chi connectivity index (χ4v) is 0.921. The Hall–Kier alpha value is -1.36. The molecule has 0 saturated carbocycles. The highest BCUT2D eigenvalue weighted by atomic mass is 32.1. The predicted octanol–water partition coefficient (Wildman–Crippen LogP) is 0.549. The van der Waals surface area contributed by atoms with Crippen LogP contribution in [0, 0.1) is 0 Å². The van der Waals surface area contributed by atoms with Crippen LogP contribution in [-0.2, 0) is 0 Å². The minimum atomic E-state index is -0.462. The summed E-state index contributed by atoms with van der Waals surface area (Å²) < 4.78 is 2.10. The third-order valence-electron chi connectivity index (χ3n) is 1.37. The molecule has 0 aromatic heterocycles. The standard InChI is InChI=1S/C7H8N2O2S/c8-4-1-2-5(6(10)3-4)7(11)9-12/h1-3,10,12H,8H2,(H,9,11). The number of nitrogen functional groups attached to an aromatic ring is 1. The number of carbonyl (C=O) groups is 1. The van der Waals surface area contributed by atoms with Gasteiger partial charge in [0.05, 0.1) is 5.56 Å². The molecule has 5 heteroatoms. The van der Waals surface area contributed by atoms with Crippen LogP contribution in [-0.4, -0.2) is 11.0 Å². The number of amides is 1. The van der Waals surface area contributed by atoms with Gasteiger partial charge in [-0.2, -0.15) is 0 Å². The first-order valence-corrected chi connectivity index (χ1v) is 3.63. The van der Waals surface area contributed by atoms with E-state index in [4.69, 9.17) is 5.73 Å². The lowest BCUT2D eigenvalue weighted by Gasteiger charge is -2.02. The predicted molar refractivity (Wildman–Crippen MR) is 49.0 cm³/mol. The largest absolute Gasteiger partial charge is 0.507 e. The zero-order valence-corrected chi connectivity index (χ0v) is 7.01. The first-order valence-electron chi connectivity index (χ1n) is 3.18. The van der Waals surface area contributed by atoms with E-state index in [0.29, 0.717) is 5.69 Å². The molecule has 0 fully saturated rings. The number of nitrogens with two attached hydrogens (primary N) is 1. The summed E-state index contributed by atoms with van der Waals surface area (Å²) in [5.74, 6) is -0.614. The van der Waals surface area contributed by atoms with Gasteiger partial charge < -0.3 is 10.8 Å². The number of hydrogen-bond acceptors (Lipinski definition) is 4. The molecular weight excluding hydrogens is 176 g/mol. The van der Waals surface area contributed by atoms with Crippen molar-refractivity contribution in [2.24, 2.45) is 0 Å². The maximum absolute atomic E-state index is 11.0. The summed E-state index contributed by atoms with van der Waals surface area (Å²) in [6.45, 7) is 0. The van der Waals surface area contributed by atoms with Crippen molar-refractivity contribution in [3.8, 4) is 5.75 Å². The number of hydrogen-bond donors (Lipinski definition) is 4. The number of benzene rings is 1. The normalized spacial score (nSPS) is 9.42. The monoisotopic (exact) mass is 184 g/mol. The van der Waals surface area contributed by atoms with Gasteiger partial charge >= 0.3 is 0 Å². The molecule has 0 radical (unpaired) electrons. The SMILES string of the molecule is Nc1ccc(C(=O)NS)c(O)c1. The first kappa shape index (κ1) is 8.73. The molecule has 4 N–H and O–H groups in total. The highest BCUT2D eigenvalue weighted by Crippen LogP contribution is 2.19. The van der Waals surface area contributed by atoms with Crippen LogP contribution in [0.3, 0.4) is 0 Å². The maximum Gasteiger partial charge on any atom is 0.264 e. The summed E-state index contributed by atoms with van der Waals surface area (Å²) in [6.07, 6.45) is 0. The Kier molecular flexibility index (Phi) is 2.44. The van der Waals surface area contributed by atoms with Crippen molar-refractivity contribution < 1.29 is 9.90 Å². The molecule has 0 aliphatic heterocycles. The van der Waals surface area contributed by atoms with Crippen molar-refractivity contribution in [2.45, 2.75) is 0 Å². The summed E-state index contributed by atoms with van der Waals surface area (Å²) in [4.78, 5) is 11.0. The zero-order valence-electron chi connectivity index (χ0n) is 6.11. The smallest absolute Gasteiger partial charge is 0.264 e. The Morgan fingerprint density at radius 1 is 1.58 bits per heavy atom. The average molecular weight is 184 g/mol.